The number of hydrogen-bond donors (Lipinski definition) is 0. The summed E-state index contributed by atoms with van der Waals surface area (Å²) in [6.45, 7) is 8.81. The van der Waals surface area contributed by atoms with Gasteiger partial charge >= 0.3 is 5.97 Å². The molecule has 0 aliphatic heterocycles. The van der Waals surface area contributed by atoms with E-state index in [0.29, 0.717) is 12.7 Å². The molecule has 0 aliphatic rings. The Hall–Kier alpha value is -0.313. The molecule has 0 saturated carbocycles. The Morgan fingerprint density at radius 3 is 2.31 bits per heavy atom. The average Bonchev–Trinajstić information content (AvgIpc) is 2.25. The maximum atomic E-state index is 11.4. The van der Waals surface area contributed by atoms with Crippen molar-refractivity contribution in [2.45, 2.75) is 65.5 Å². The zero-order valence-corrected chi connectivity index (χ0v) is 12.3. The summed E-state index contributed by atoms with van der Waals surface area (Å²) in [5.74, 6) is 0.749. The van der Waals surface area contributed by atoms with Gasteiger partial charge in [-0.15, -0.1) is 0 Å². The number of ether oxygens (including phenoxy) is 1. The highest BCUT2D eigenvalue weighted by Gasteiger charge is 2.09. The third kappa shape index (κ3) is 8.95. The van der Waals surface area contributed by atoms with Crippen LogP contribution >= 0.6 is 0 Å². The number of carbonyl (C=O) groups is 1. The van der Waals surface area contributed by atoms with E-state index in [9.17, 15) is 4.79 Å². The number of unbranched alkanes of at least 4 members (excludes halogenated alkanes) is 1. The van der Waals surface area contributed by atoms with Crippen LogP contribution in [0.2, 0.25) is 12.1 Å². The highest BCUT2D eigenvalue weighted by molar-refractivity contribution is 6.58. The Bertz CT molecular complexity index is 177. The summed E-state index contributed by atoms with van der Waals surface area (Å²) >= 11 is 0. The van der Waals surface area contributed by atoms with E-state index < -0.39 is 8.80 Å². The van der Waals surface area contributed by atoms with Gasteiger partial charge in [-0.25, -0.2) is 0 Å². The smallest absolute Gasteiger partial charge is 0.305 e. The van der Waals surface area contributed by atoms with Gasteiger partial charge in [-0.3, -0.25) is 4.79 Å². The van der Waals surface area contributed by atoms with Crippen LogP contribution in [0.25, 0.3) is 0 Å². The molecule has 2 nitrogen and oxygen atoms in total. The lowest BCUT2D eigenvalue weighted by Gasteiger charge is -2.10. The van der Waals surface area contributed by atoms with Crippen molar-refractivity contribution < 1.29 is 9.53 Å². The summed E-state index contributed by atoms with van der Waals surface area (Å²) in [5, 5.41) is 0. The molecule has 0 amide bonds. The molecule has 95 valence electrons. The van der Waals surface area contributed by atoms with E-state index in [1.165, 1.54) is 18.5 Å². The molecule has 0 aromatic rings. The minimum atomic E-state index is -0.405. The molecule has 0 heterocycles. The number of esters is 1. The minimum absolute atomic E-state index is 0.00755. The van der Waals surface area contributed by atoms with Crippen LogP contribution in [-0.2, 0) is 9.53 Å². The Labute approximate surface area is 102 Å². The van der Waals surface area contributed by atoms with E-state index in [2.05, 4.69) is 27.7 Å². The van der Waals surface area contributed by atoms with Gasteiger partial charge in [-0.1, -0.05) is 52.6 Å². The van der Waals surface area contributed by atoms with Crippen molar-refractivity contribution >= 4 is 14.8 Å². The largest absolute Gasteiger partial charge is 0.470 e. The molecule has 3 heteroatoms. The lowest BCUT2D eigenvalue weighted by molar-refractivity contribution is -0.141. The SMILES string of the molecule is CC[Si](CC)COC(=O)CCCCC(C)C. The molecule has 0 bridgehead atoms. The van der Waals surface area contributed by atoms with Gasteiger partial charge in [0.15, 0.2) is 0 Å². The average molecular weight is 243 g/mol. The summed E-state index contributed by atoms with van der Waals surface area (Å²) in [4.78, 5) is 11.4. The molecule has 0 fully saturated rings. The van der Waals surface area contributed by atoms with Crippen LogP contribution in [0.5, 0.6) is 0 Å². The van der Waals surface area contributed by atoms with Crippen LogP contribution in [0.3, 0.4) is 0 Å². The van der Waals surface area contributed by atoms with Crippen LogP contribution in [0.1, 0.15) is 53.4 Å². The molecule has 0 aromatic heterocycles. The number of carbonyl (C=O) groups excluding carboxylic acids is 1. The van der Waals surface area contributed by atoms with Gasteiger partial charge in [-0.05, 0) is 12.3 Å². The molecule has 0 spiro atoms. The molecule has 1 radical (unpaired) electrons. The maximum Gasteiger partial charge on any atom is 0.305 e. The standard InChI is InChI=1S/C13H27O2Si/c1-5-16(6-2)11-15-13(14)10-8-7-9-12(3)4/h12H,5-11H2,1-4H3. The molecule has 0 aliphatic carbocycles. The van der Waals surface area contributed by atoms with Gasteiger partial charge in [0, 0.05) is 6.42 Å². The summed E-state index contributed by atoms with van der Waals surface area (Å²) in [5.41, 5.74) is 0. The monoisotopic (exact) mass is 243 g/mol. The quantitative estimate of drug-likeness (QED) is 0.349. The highest BCUT2D eigenvalue weighted by atomic mass is 28.3. The van der Waals surface area contributed by atoms with E-state index in [4.69, 9.17) is 4.74 Å². The van der Waals surface area contributed by atoms with Crippen molar-refractivity contribution in [1.82, 2.24) is 0 Å². The lowest BCUT2D eigenvalue weighted by atomic mass is 10.1. The maximum absolute atomic E-state index is 11.4. The second-order valence-corrected chi connectivity index (χ2v) is 7.96. The minimum Gasteiger partial charge on any atom is -0.470 e. The van der Waals surface area contributed by atoms with Crippen LogP contribution in [0.4, 0.5) is 0 Å². The predicted octanol–water partition coefficient (Wildman–Crippen LogP) is 3.82. The Morgan fingerprint density at radius 1 is 1.19 bits per heavy atom. The predicted molar refractivity (Wildman–Crippen MR) is 71.0 cm³/mol. The van der Waals surface area contributed by atoms with Gasteiger partial charge in [0.25, 0.3) is 0 Å². The van der Waals surface area contributed by atoms with E-state index in [0.717, 1.165) is 18.8 Å². The van der Waals surface area contributed by atoms with Crippen molar-refractivity contribution in [1.29, 1.82) is 0 Å². The first kappa shape index (κ1) is 15.7. The summed E-state index contributed by atoms with van der Waals surface area (Å²) in [6, 6.07) is 2.39. The topological polar surface area (TPSA) is 26.3 Å². The summed E-state index contributed by atoms with van der Waals surface area (Å²) in [7, 11) is -0.405. The highest BCUT2D eigenvalue weighted by Crippen LogP contribution is 2.09. The first-order chi connectivity index (χ1) is 7.60. The van der Waals surface area contributed by atoms with Crippen LogP contribution in [-0.4, -0.2) is 21.0 Å². The normalized spacial score (nSPS) is 11.1. The molecule has 0 aromatic carbocycles. The Balaban J connectivity index is 3.44. The van der Waals surface area contributed by atoms with Crippen LogP contribution in [0.15, 0.2) is 0 Å². The van der Waals surface area contributed by atoms with Crippen LogP contribution < -0.4 is 0 Å². The third-order valence-electron chi connectivity index (χ3n) is 2.85. The molecule has 0 unspecified atom stereocenters. The van der Waals surface area contributed by atoms with Crippen molar-refractivity contribution in [2.24, 2.45) is 5.92 Å². The molecule has 0 rings (SSSR count). The zero-order valence-electron chi connectivity index (χ0n) is 11.3. The van der Waals surface area contributed by atoms with Crippen molar-refractivity contribution in [3.63, 3.8) is 0 Å². The van der Waals surface area contributed by atoms with Gasteiger partial charge in [0.05, 0.1) is 15.0 Å². The Kier molecular flexibility index (Phi) is 9.69. The molecule has 16 heavy (non-hydrogen) atoms. The fourth-order valence-corrected chi connectivity index (χ4v) is 2.80. The van der Waals surface area contributed by atoms with E-state index in [-0.39, 0.29) is 5.97 Å². The Morgan fingerprint density at radius 2 is 1.81 bits per heavy atom. The van der Waals surface area contributed by atoms with E-state index in [1.807, 2.05) is 0 Å². The van der Waals surface area contributed by atoms with Gasteiger partial charge in [0.2, 0.25) is 0 Å². The molecule has 0 atom stereocenters. The first-order valence-corrected chi connectivity index (χ1v) is 8.71. The first-order valence-electron chi connectivity index (χ1n) is 6.59. The van der Waals surface area contributed by atoms with Gasteiger partial charge in [-0.2, -0.15) is 0 Å². The lowest BCUT2D eigenvalue weighted by Crippen LogP contribution is -2.21. The fraction of sp³-hybridized carbons (Fsp3) is 0.923. The third-order valence-corrected chi connectivity index (χ3v) is 5.40. The molecular weight excluding hydrogens is 216 g/mol. The zero-order chi connectivity index (χ0) is 12.4. The second-order valence-electron chi connectivity index (χ2n) is 4.76. The van der Waals surface area contributed by atoms with Crippen LogP contribution in [0, 0.1) is 5.92 Å². The number of rotatable bonds is 9. The van der Waals surface area contributed by atoms with Crippen molar-refractivity contribution in [2.75, 3.05) is 6.23 Å². The molecular formula is C13H27O2Si. The second kappa shape index (κ2) is 9.88. The molecule has 0 saturated heterocycles. The summed E-state index contributed by atoms with van der Waals surface area (Å²) < 4.78 is 5.30. The number of hydrogen-bond acceptors (Lipinski definition) is 2. The van der Waals surface area contributed by atoms with E-state index in [1.54, 1.807) is 0 Å². The van der Waals surface area contributed by atoms with Crippen molar-refractivity contribution in [3.05, 3.63) is 0 Å². The van der Waals surface area contributed by atoms with E-state index >= 15 is 0 Å². The van der Waals surface area contributed by atoms with Gasteiger partial charge in [0.1, 0.15) is 0 Å². The van der Waals surface area contributed by atoms with Gasteiger partial charge < -0.3 is 4.74 Å². The fourth-order valence-electron chi connectivity index (χ4n) is 1.53. The van der Waals surface area contributed by atoms with Crippen molar-refractivity contribution in [3.8, 4) is 0 Å². The summed E-state index contributed by atoms with van der Waals surface area (Å²) in [6.07, 6.45) is 4.66. The molecule has 0 N–H and O–H groups in total.